The lowest BCUT2D eigenvalue weighted by Gasteiger charge is -2.25. The summed E-state index contributed by atoms with van der Waals surface area (Å²) < 4.78 is 0. The molecule has 0 radical (unpaired) electrons. The van der Waals surface area contributed by atoms with Gasteiger partial charge in [0.25, 0.3) is 0 Å². The van der Waals surface area contributed by atoms with Crippen LogP contribution in [0.5, 0.6) is 0 Å². The summed E-state index contributed by atoms with van der Waals surface area (Å²) in [6, 6.07) is 2.09. The zero-order chi connectivity index (χ0) is 12.3. The third kappa shape index (κ3) is 3.67. The van der Waals surface area contributed by atoms with E-state index in [0.29, 0.717) is 5.82 Å². The number of aryl methyl sites for hydroxylation is 2. The van der Waals surface area contributed by atoms with Gasteiger partial charge in [0.05, 0.1) is 0 Å². The van der Waals surface area contributed by atoms with Crippen LogP contribution in [0.25, 0.3) is 0 Å². The molecule has 1 unspecified atom stereocenters. The Bertz CT molecular complexity index is 355. The van der Waals surface area contributed by atoms with Gasteiger partial charge in [0.2, 0.25) is 0 Å². The van der Waals surface area contributed by atoms with Crippen molar-refractivity contribution in [2.75, 3.05) is 5.73 Å². The molecule has 0 amide bonds. The molecular weight excluding hydrogens is 220 g/mol. The number of nitrogens with two attached hydrogens (primary N) is 1. The van der Waals surface area contributed by atoms with Crippen LogP contribution in [0.1, 0.15) is 38.3 Å². The maximum Gasteiger partial charge on any atom is 0.126 e. The number of anilines is 1. The molecule has 1 aromatic heterocycles. The van der Waals surface area contributed by atoms with Gasteiger partial charge in [-0.15, -0.1) is 11.6 Å². The van der Waals surface area contributed by atoms with E-state index in [9.17, 15) is 0 Å². The number of alkyl halides is 1. The standard InChI is InChI=1S/C13H21ClN2/c1-9-7-10(12(15)16-8-9)5-6-11(14)13(2,3)4/h7-8,11H,5-6H2,1-4H3,(H2,15,16). The van der Waals surface area contributed by atoms with Crippen LogP contribution in [0, 0.1) is 12.3 Å². The molecule has 0 spiro atoms. The van der Waals surface area contributed by atoms with Crippen molar-refractivity contribution < 1.29 is 0 Å². The number of hydrogen-bond acceptors (Lipinski definition) is 2. The summed E-state index contributed by atoms with van der Waals surface area (Å²) in [5, 5.41) is 0.160. The highest BCUT2D eigenvalue weighted by Gasteiger charge is 2.22. The summed E-state index contributed by atoms with van der Waals surface area (Å²) in [6.07, 6.45) is 3.62. The summed E-state index contributed by atoms with van der Waals surface area (Å²) >= 11 is 6.34. The van der Waals surface area contributed by atoms with Crippen molar-refractivity contribution in [2.45, 2.75) is 45.9 Å². The zero-order valence-electron chi connectivity index (χ0n) is 10.5. The maximum absolute atomic E-state index is 6.34. The van der Waals surface area contributed by atoms with E-state index in [1.807, 2.05) is 6.92 Å². The second kappa shape index (κ2) is 5.05. The Kier molecular flexibility index (Phi) is 4.20. The topological polar surface area (TPSA) is 38.9 Å². The van der Waals surface area contributed by atoms with Gasteiger partial charge in [-0.25, -0.2) is 4.98 Å². The number of rotatable bonds is 3. The summed E-state index contributed by atoms with van der Waals surface area (Å²) in [7, 11) is 0. The lowest BCUT2D eigenvalue weighted by Crippen LogP contribution is -2.21. The van der Waals surface area contributed by atoms with Crippen molar-refractivity contribution in [3.05, 3.63) is 23.4 Å². The molecule has 1 heterocycles. The number of hydrogen-bond donors (Lipinski definition) is 1. The quantitative estimate of drug-likeness (QED) is 0.821. The molecule has 0 bridgehead atoms. The van der Waals surface area contributed by atoms with E-state index in [1.165, 1.54) is 0 Å². The fraction of sp³-hybridized carbons (Fsp3) is 0.615. The Hall–Kier alpha value is -0.760. The van der Waals surface area contributed by atoms with Crippen molar-refractivity contribution in [3.8, 4) is 0 Å². The molecule has 90 valence electrons. The van der Waals surface area contributed by atoms with Crippen LogP contribution in [-0.4, -0.2) is 10.4 Å². The molecule has 1 aromatic rings. The van der Waals surface area contributed by atoms with Crippen molar-refractivity contribution in [3.63, 3.8) is 0 Å². The van der Waals surface area contributed by atoms with Crippen molar-refractivity contribution in [1.29, 1.82) is 0 Å². The van der Waals surface area contributed by atoms with Crippen molar-refractivity contribution in [2.24, 2.45) is 5.41 Å². The lowest BCUT2D eigenvalue weighted by atomic mass is 9.88. The first kappa shape index (κ1) is 13.3. The third-order valence-corrected chi connectivity index (χ3v) is 3.62. The molecule has 2 nitrogen and oxygen atoms in total. The van der Waals surface area contributed by atoms with Crippen LogP contribution in [0.2, 0.25) is 0 Å². The number of nitrogens with zero attached hydrogens (tertiary/aromatic N) is 1. The minimum absolute atomic E-state index is 0.133. The molecule has 0 aliphatic rings. The maximum atomic E-state index is 6.34. The first-order chi connectivity index (χ1) is 7.30. The Labute approximate surface area is 103 Å². The number of halogens is 1. The summed E-state index contributed by atoms with van der Waals surface area (Å²) in [5.74, 6) is 0.628. The lowest BCUT2D eigenvalue weighted by molar-refractivity contribution is 0.374. The van der Waals surface area contributed by atoms with Gasteiger partial charge >= 0.3 is 0 Å². The van der Waals surface area contributed by atoms with Crippen LogP contribution < -0.4 is 5.73 Å². The van der Waals surface area contributed by atoms with E-state index < -0.39 is 0 Å². The zero-order valence-corrected chi connectivity index (χ0v) is 11.3. The van der Waals surface area contributed by atoms with E-state index >= 15 is 0 Å². The molecule has 0 aromatic carbocycles. The largest absolute Gasteiger partial charge is 0.383 e. The fourth-order valence-corrected chi connectivity index (χ4v) is 1.66. The predicted octanol–water partition coefficient (Wildman–Crippen LogP) is 3.56. The molecule has 0 aliphatic carbocycles. The van der Waals surface area contributed by atoms with Crippen molar-refractivity contribution in [1.82, 2.24) is 4.98 Å². The van der Waals surface area contributed by atoms with Crippen LogP contribution in [-0.2, 0) is 6.42 Å². The van der Waals surface area contributed by atoms with Crippen LogP contribution in [0.3, 0.4) is 0 Å². The minimum atomic E-state index is 0.133. The SMILES string of the molecule is Cc1cnc(N)c(CCC(Cl)C(C)(C)C)c1. The molecule has 16 heavy (non-hydrogen) atoms. The van der Waals surface area contributed by atoms with Gasteiger partial charge in [-0.2, -0.15) is 0 Å². The smallest absolute Gasteiger partial charge is 0.126 e. The second-order valence-corrected chi connectivity index (χ2v) is 5.96. The van der Waals surface area contributed by atoms with Gasteiger partial charge in [0, 0.05) is 11.6 Å². The van der Waals surface area contributed by atoms with E-state index in [4.69, 9.17) is 17.3 Å². The van der Waals surface area contributed by atoms with Crippen molar-refractivity contribution >= 4 is 17.4 Å². The molecule has 3 heteroatoms. The Balaban J connectivity index is 2.64. The highest BCUT2D eigenvalue weighted by molar-refractivity contribution is 6.21. The molecule has 0 aliphatic heterocycles. The third-order valence-electron chi connectivity index (χ3n) is 2.74. The van der Waals surface area contributed by atoms with Crippen LogP contribution in [0.15, 0.2) is 12.3 Å². The molecular formula is C13H21ClN2. The van der Waals surface area contributed by atoms with E-state index in [2.05, 4.69) is 31.8 Å². The second-order valence-electron chi connectivity index (χ2n) is 5.43. The molecule has 1 rings (SSSR count). The number of pyridine rings is 1. The minimum Gasteiger partial charge on any atom is -0.383 e. The molecule has 0 saturated carbocycles. The van der Waals surface area contributed by atoms with Gasteiger partial charge in [-0.05, 0) is 36.3 Å². The summed E-state index contributed by atoms with van der Waals surface area (Å²) in [6.45, 7) is 8.49. The monoisotopic (exact) mass is 240 g/mol. The number of aromatic nitrogens is 1. The average Bonchev–Trinajstić information content (AvgIpc) is 2.17. The van der Waals surface area contributed by atoms with Crippen LogP contribution in [0.4, 0.5) is 5.82 Å². The highest BCUT2D eigenvalue weighted by Crippen LogP contribution is 2.28. The van der Waals surface area contributed by atoms with Gasteiger partial charge < -0.3 is 5.73 Å². The molecule has 2 N–H and O–H groups in total. The fourth-order valence-electron chi connectivity index (χ4n) is 1.56. The van der Waals surface area contributed by atoms with Gasteiger partial charge in [-0.3, -0.25) is 0 Å². The summed E-state index contributed by atoms with van der Waals surface area (Å²) in [5.41, 5.74) is 8.21. The van der Waals surface area contributed by atoms with Gasteiger partial charge in [0.15, 0.2) is 0 Å². The predicted molar refractivity (Wildman–Crippen MR) is 70.8 cm³/mol. The van der Waals surface area contributed by atoms with E-state index in [-0.39, 0.29) is 10.8 Å². The molecule has 0 saturated heterocycles. The first-order valence-electron chi connectivity index (χ1n) is 5.66. The van der Waals surface area contributed by atoms with E-state index in [1.54, 1.807) is 6.20 Å². The van der Waals surface area contributed by atoms with E-state index in [0.717, 1.165) is 24.0 Å². The number of nitrogen functional groups attached to an aromatic ring is 1. The highest BCUT2D eigenvalue weighted by atomic mass is 35.5. The van der Waals surface area contributed by atoms with Gasteiger partial charge in [0.1, 0.15) is 5.82 Å². The Morgan fingerprint density at radius 1 is 1.44 bits per heavy atom. The van der Waals surface area contributed by atoms with Gasteiger partial charge in [-0.1, -0.05) is 26.8 Å². The normalized spacial score (nSPS) is 13.8. The average molecular weight is 241 g/mol. The Morgan fingerprint density at radius 3 is 2.62 bits per heavy atom. The first-order valence-corrected chi connectivity index (χ1v) is 6.09. The molecule has 1 atom stereocenters. The van der Waals surface area contributed by atoms with Crippen LogP contribution >= 0.6 is 11.6 Å². The summed E-state index contributed by atoms with van der Waals surface area (Å²) in [4.78, 5) is 4.15. The Morgan fingerprint density at radius 2 is 2.06 bits per heavy atom. The molecule has 0 fully saturated rings.